The summed E-state index contributed by atoms with van der Waals surface area (Å²) in [6.45, 7) is 8.38. The minimum Gasteiger partial charge on any atom is -0.466 e. The first-order chi connectivity index (χ1) is 6.08. The van der Waals surface area contributed by atoms with E-state index >= 15 is 0 Å². The van der Waals surface area contributed by atoms with Crippen molar-refractivity contribution in [2.45, 2.75) is 27.2 Å². The molecule has 1 unspecified atom stereocenters. The van der Waals surface area contributed by atoms with Gasteiger partial charge in [-0.25, -0.2) is 0 Å². The van der Waals surface area contributed by atoms with Gasteiger partial charge in [0.1, 0.15) is 0 Å². The first-order valence-corrected chi connectivity index (χ1v) is 4.95. The summed E-state index contributed by atoms with van der Waals surface area (Å²) in [7, 11) is 0. The van der Waals surface area contributed by atoms with Gasteiger partial charge < -0.3 is 10.1 Å². The van der Waals surface area contributed by atoms with Crippen LogP contribution in [0.25, 0.3) is 0 Å². The van der Waals surface area contributed by atoms with Gasteiger partial charge in [-0.2, -0.15) is 0 Å². The van der Waals surface area contributed by atoms with E-state index in [1.54, 1.807) is 0 Å². The summed E-state index contributed by atoms with van der Waals surface area (Å²) >= 11 is 0. The third-order valence-corrected chi connectivity index (χ3v) is 2.70. The van der Waals surface area contributed by atoms with Crippen LogP contribution in [0, 0.1) is 11.3 Å². The molecule has 3 heteroatoms. The fourth-order valence-electron chi connectivity index (χ4n) is 1.85. The predicted octanol–water partition coefficient (Wildman–Crippen LogP) is 1.19. The Labute approximate surface area is 79.8 Å². The molecular weight excluding hydrogens is 166 g/mol. The summed E-state index contributed by atoms with van der Waals surface area (Å²) in [4.78, 5) is 11.6. The Bertz CT molecular complexity index is 189. The van der Waals surface area contributed by atoms with Crippen LogP contribution in [-0.2, 0) is 9.53 Å². The van der Waals surface area contributed by atoms with E-state index in [9.17, 15) is 4.79 Å². The largest absolute Gasteiger partial charge is 0.466 e. The lowest BCUT2D eigenvalue weighted by Crippen LogP contribution is -2.46. The average molecular weight is 185 g/mol. The van der Waals surface area contributed by atoms with Crippen LogP contribution in [0.1, 0.15) is 27.2 Å². The minimum absolute atomic E-state index is 0.0322. The van der Waals surface area contributed by atoms with Crippen molar-refractivity contribution < 1.29 is 9.53 Å². The van der Waals surface area contributed by atoms with E-state index < -0.39 is 0 Å². The second-order valence-corrected chi connectivity index (χ2v) is 4.26. The highest BCUT2D eigenvalue weighted by Crippen LogP contribution is 2.32. The van der Waals surface area contributed by atoms with Crippen LogP contribution in [-0.4, -0.2) is 25.7 Å². The van der Waals surface area contributed by atoms with Gasteiger partial charge in [0, 0.05) is 6.54 Å². The van der Waals surface area contributed by atoms with Gasteiger partial charge in [0.15, 0.2) is 0 Å². The SMILES string of the molecule is CCOC(=O)C1CCNCC1(C)C. The molecule has 0 saturated carbocycles. The molecule has 1 saturated heterocycles. The van der Waals surface area contributed by atoms with Gasteiger partial charge in [0.25, 0.3) is 0 Å². The molecule has 1 heterocycles. The molecule has 1 rings (SSSR count). The number of carbonyl (C=O) groups is 1. The molecule has 1 N–H and O–H groups in total. The summed E-state index contributed by atoms with van der Waals surface area (Å²) < 4.78 is 5.05. The Hall–Kier alpha value is -0.570. The van der Waals surface area contributed by atoms with Crippen molar-refractivity contribution in [1.82, 2.24) is 5.32 Å². The average Bonchev–Trinajstić information content (AvgIpc) is 2.03. The van der Waals surface area contributed by atoms with Crippen molar-refractivity contribution in [2.24, 2.45) is 11.3 Å². The summed E-state index contributed by atoms with van der Waals surface area (Å²) in [5.74, 6) is 0.0303. The van der Waals surface area contributed by atoms with Gasteiger partial charge in [0.05, 0.1) is 12.5 Å². The summed E-state index contributed by atoms with van der Waals surface area (Å²) in [5.41, 5.74) is 0.0322. The Morgan fingerprint density at radius 3 is 2.85 bits per heavy atom. The number of hydrogen-bond donors (Lipinski definition) is 1. The number of carbonyl (C=O) groups excluding carboxylic acids is 1. The maximum atomic E-state index is 11.6. The molecule has 0 aromatic rings. The summed E-state index contributed by atoms with van der Waals surface area (Å²) in [6, 6.07) is 0. The third-order valence-electron chi connectivity index (χ3n) is 2.70. The molecule has 0 amide bonds. The first kappa shape index (κ1) is 10.5. The second-order valence-electron chi connectivity index (χ2n) is 4.26. The molecule has 1 fully saturated rings. The van der Waals surface area contributed by atoms with E-state index in [0.717, 1.165) is 19.5 Å². The van der Waals surface area contributed by atoms with Crippen LogP contribution in [0.3, 0.4) is 0 Å². The van der Waals surface area contributed by atoms with Crippen molar-refractivity contribution in [3.8, 4) is 0 Å². The van der Waals surface area contributed by atoms with E-state index in [2.05, 4.69) is 19.2 Å². The third kappa shape index (κ3) is 2.44. The molecule has 0 aromatic heterocycles. The maximum Gasteiger partial charge on any atom is 0.309 e. The molecule has 1 aliphatic rings. The Morgan fingerprint density at radius 1 is 1.62 bits per heavy atom. The van der Waals surface area contributed by atoms with Crippen molar-refractivity contribution in [2.75, 3.05) is 19.7 Å². The second kappa shape index (κ2) is 4.09. The number of piperidine rings is 1. The monoisotopic (exact) mass is 185 g/mol. The maximum absolute atomic E-state index is 11.6. The Morgan fingerprint density at radius 2 is 2.31 bits per heavy atom. The zero-order chi connectivity index (χ0) is 9.90. The van der Waals surface area contributed by atoms with E-state index in [4.69, 9.17) is 4.74 Å². The quantitative estimate of drug-likeness (QED) is 0.657. The molecule has 0 spiro atoms. The standard InChI is InChI=1S/C10H19NO2/c1-4-13-9(12)8-5-6-11-7-10(8,2)3/h8,11H,4-7H2,1-3H3. The van der Waals surface area contributed by atoms with Gasteiger partial charge in [-0.1, -0.05) is 13.8 Å². The number of esters is 1. The molecular formula is C10H19NO2. The zero-order valence-electron chi connectivity index (χ0n) is 8.72. The van der Waals surface area contributed by atoms with Crippen LogP contribution in [0.15, 0.2) is 0 Å². The molecule has 0 aromatic carbocycles. The number of ether oxygens (including phenoxy) is 1. The lowest BCUT2D eigenvalue weighted by Gasteiger charge is -2.37. The van der Waals surface area contributed by atoms with E-state index in [1.807, 2.05) is 6.92 Å². The number of hydrogen-bond acceptors (Lipinski definition) is 3. The highest BCUT2D eigenvalue weighted by atomic mass is 16.5. The van der Waals surface area contributed by atoms with Crippen molar-refractivity contribution in [3.05, 3.63) is 0 Å². The molecule has 3 nitrogen and oxygen atoms in total. The van der Waals surface area contributed by atoms with Gasteiger partial charge in [-0.15, -0.1) is 0 Å². The van der Waals surface area contributed by atoms with Gasteiger partial charge in [0.2, 0.25) is 0 Å². The minimum atomic E-state index is -0.0333. The van der Waals surface area contributed by atoms with E-state index in [0.29, 0.717) is 6.61 Å². The van der Waals surface area contributed by atoms with Crippen LogP contribution in [0.4, 0.5) is 0 Å². The fraction of sp³-hybridized carbons (Fsp3) is 0.900. The summed E-state index contributed by atoms with van der Waals surface area (Å²) in [5, 5.41) is 3.29. The molecule has 0 radical (unpaired) electrons. The van der Waals surface area contributed by atoms with Gasteiger partial charge in [-0.05, 0) is 25.3 Å². The number of nitrogens with one attached hydrogen (secondary N) is 1. The Kier molecular flexibility index (Phi) is 3.31. The molecule has 76 valence electrons. The lowest BCUT2D eigenvalue weighted by molar-refractivity contribution is -0.153. The van der Waals surface area contributed by atoms with Crippen LogP contribution in [0.5, 0.6) is 0 Å². The smallest absolute Gasteiger partial charge is 0.309 e. The van der Waals surface area contributed by atoms with E-state index in [-0.39, 0.29) is 17.3 Å². The predicted molar refractivity (Wildman–Crippen MR) is 51.4 cm³/mol. The molecule has 0 aliphatic carbocycles. The van der Waals surface area contributed by atoms with Gasteiger partial charge >= 0.3 is 5.97 Å². The van der Waals surface area contributed by atoms with Crippen LogP contribution >= 0.6 is 0 Å². The zero-order valence-corrected chi connectivity index (χ0v) is 8.72. The molecule has 1 atom stereocenters. The molecule has 0 bridgehead atoms. The van der Waals surface area contributed by atoms with Crippen molar-refractivity contribution in [3.63, 3.8) is 0 Å². The van der Waals surface area contributed by atoms with Crippen molar-refractivity contribution >= 4 is 5.97 Å². The van der Waals surface area contributed by atoms with Crippen LogP contribution < -0.4 is 5.32 Å². The molecule has 1 aliphatic heterocycles. The number of rotatable bonds is 2. The summed E-state index contributed by atoms with van der Waals surface area (Å²) in [6.07, 6.45) is 0.895. The Balaban J connectivity index is 2.59. The van der Waals surface area contributed by atoms with Crippen LogP contribution in [0.2, 0.25) is 0 Å². The van der Waals surface area contributed by atoms with Crippen molar-refractivity contribution in [1.29, 1.82) is 0 Å². The normalized spacial score (nSPS) is 26.8. The first-order valence-electron chi connectivity index (χ1n) is 4.95. The topological polar surface area (TPSA) is 38.3 Å². The highest BCUT2D eigenvalue weighted by Gasteiger charge is 2.37. The van der Waals surface area contributed by atoms with Gasteiger partial charge in [-0.3, -0.25) is 4.79 Å². The molecule has 13 heavy (non-hydrogen) atoms. The van der Waals surface area contributed by atoms with E-state index in [1.165, 1.54) is 0 Å². The fourth-order valence-corrected chi connectivity index (χ4v) is 1.85. The lowest BCUT2D eigenvalue weighted by atomic mass is 9.75. The highest BCUT2D eigenvalue weighted by molar-refractivity contribution is 5.73.